The normalized spacial score (nSPS) is 11.1. The van der Waals surface area contributed by atoms with Gasteiger partial charge in [-0.05, 0) is 72.1 Å². The fraction of sp³-hybridized carbons (Fsp3) is 0.0385. The van der Waals surface area contributed by atoms with Crippen molar-refractivity contribution in [1.82, 2.24) is 0 Å². The molecule has 5 nitrogen and oxygen atoms in total. The van der Waals surface area contributed by atoms with Crippen LogP contribution >= 0.6 is 11.6 Å². The fourth-order valence-corrected chi connectivity index (χ4v) is 4.58. The van der Waals surface area contributed by atoms with E-state index in [0.717, 1.165) is 11.1 Å². The van der Waals surface area contributed by atoms with E-state index >= 15 is 0 Å². The molecule has 7 heteroatoms. The molecular formula is C26H21ClN2O3S. The minimum Gasteiger partial charge on any atom is -0.322 e. The predicted octanol–water partition coefficient (Wildman–Crippen LogP) is 6.37. The maximum Gasteiger partial charge on any atom is 0.261 e. The molecule has 0 saturated carbocycles. The molecule has 0 unspecified atom stereocenters. The molecule has 166 valence electrons. The number of benzene rings is 4. The van der Waals surface area contributed by atoms with Gasteiger partial charge in [-0.3, -0.25) is 9.52 Å². The zero-order chi connectivity index (χ0) is 23.4. The lowest BCUT2D eigenvalue weighted by Gasteiger charge is -2.12. The van der Waals surface area contributed by atoms with Crippen molar-refractivity contribution < 1.29 is 13.2 Å². The molecule has 0 saturated heterocycles. The van der Waals surface area contributed by atoms with Gasteiger partial charge < -0.3 is 5.32 Å². The van der Waals surface area contributed by atoms with Crippen molar-refractivity contribution in [3.8, 4) is 11.1 Å². The Bertz CT molecular complexity index is 1390. The number of carbonyl (C=O) groups is 1. The first-order chi connectivity index (χ1) is 15.8. The van der Waals surface area contributed by atoms with Crippen molar-refractivity contribution in [2.45, 2.75) is 11.8 Å². The van der Waals surface area contributed by atoms with E-state index in [1.165, 1.54) is 12.1 Å². The minimum atomic E-state index is -3.80. The maximum atomic E-state index is 12.7. The minimum absolute atomic E-state index is 0.0760. The third-order valence-electron chi connectivity index (χ3n) is 5.19. The van der Waals surface area contributed by atoms with Gasteiger partial charge in [0.05, 0.1) is 10.6 Å². The first-order valence-electron chi connectivity index (χ1n) is 10.2. The van der Waals surface area contributed by atoms with E-state index in [4.69, 9.17) is 11.6 Å². The second-order valence-electron chi connectivity index (χ2n) is 7.44. The first kappa shape index (κ1) is 22.6. The molecule has 1 amide bonds. The number of carbonyl (C=O) groups excluding carboxylic acids is 1. The topological polar surface area (TPSA) is 75.3 Å². The third kappa shape index (κ3) is 5.25. The molecule has 4 aromatic rings. The van der Waals surface area contributed by atoms with E-state index in [1.54, 1.807) is 49.4 Å². The quantitative estimate of drug-likeness (QED) is 0.339. The van der Waals surface area contributed by atoms with Gasteiger partial charge in [0.1, 0.15) is 0 Å². The molecule has 0 aliphatic carbocycles. The van der Waals surface area contributed by atoms with Gasteiger partial charge >= 0.3 is 0 Å². The monoisotopic (exact) mass is 476 g/mol. The van der Waals surface area contributed by atoms with Crippen LogP contribution in [0.25, 0.3) is 11.1 Å². The number of hydrogen-bond acceptors (Lipinski definition) is 3. The molecule has 0 bridgehead atoms. The molecule has 2 N–H and O–H groups in total. The summed E-state index contributed by atoms with van der Waals surface area (Å²) in [5.41, 5.74) is 4.14. The van der Waals surface area contributed by atoms with Crippen molar-refractivity contribution in [2.24, 2.45) is 0 Å². The van der Waals surface area contributed by atoms with Gasteiger partial charge in [0.25, 0.3) is 15.9 Å². The predicted molar refractivity (Wildman–Crippen MR) is 133 cm³/mol. The van der Waals surface area contributed by atoms with Gasteiger partial charge in [-0.25, -0.2) is 8.42 Å². The molecular weight excluding hydrogens is 456 g/mol. The van der Waals surface area contributed by atoms with Gasteiger partial charge in [0.2, 0.25) is 0 Å². The lowest BCUT2D eigenvalue weighted by Crippen LogP contribution is -2.14. The van der Waals surface area contributed by atoms with Gasteiger partial charge in [0, 0.05) is 16.3 Å². The number of sulfonamides is 1. The SMILES string of the molecule is Cc1c(Cl)cccc1NS(=O)(=O)c1ccc(NC(=O)c2ccc(-c3ccccc3)cc2)cc1. The number of nitrogens with one attached hydrogen (secondary N) is 2. The zero-order valence-corrected chi connectivity index (χ0v) is 19.3. The summed E-state index contributed by atoms with van der Waals surface area (Å²) in [5, 5.41) is 3.27. The van der Waals surface area contributed by atoms with Gasteiger partial charge in [0.15, 0.2) is 0 Å². The molecule has 4 aromatic carbocycles. The van der Waals surface area contributed by atoms with E-state index in [2.05, 4.69) is 10.0 Å². The van der Waals surface area contributed by atoms with Crippen LogP contribution in [-0.2, 0) is 10.0 Å². The second-order valence-corrected chi connectivity index (χ2v) is 9.53. The molecule has 0 aliphatic rings. The maximum absolute atomic E-state index is 12.7. The summed E-state index contributed by atoms with van der Waals surface area (Å²) in [4.78, 5) is 12.7. The third-order valence-corrected chi connectivity index (χ3v) is 6.98. The van der Waals surface area contributed by atoms with Crippen molar-refractivity contribution in [3.63, 3.8) is 0 Å². The molecule has 0 radical (unpaired) electrons. The van der Waals surface area contributed by atoms with Gasteiger partial charge in [-0.15, -0.1) is 0 Å². The standard InChI is InChI=1S/C26H21ClN2O3S/c1-18-24(27)8-5-9-25(18)29-33(31,32)23-16-14-22(15-17-23)28-26(30)21-12-10-20(11-13-21)19-6-3-2-4-7-19/h2-17,29H,1H3,(H,28,30). The molecule has 0 aliphatic heterocycles. The average Bonchev–Trinajstić information content (AvgIpc) is 2.83. The van der Waals surface area contributed by atoms with Crippen molar-refractivity contribution >= 4 is 38.9 Å². The molecule has 0 heterocycles. The van der Waals surface area contributed by atoms with E-state index < -0.39 is 10.0 Å². The Labute approximate surface area is 198 Å². The summed E-state index contributed by atoms with van der Waals surface area (Å²) in [7, 11) is -3.80. The van der Waals surface area contributed by atoms with E-state index in [9.17, 15) is 13.2 Å². The molecule has 4 rings (SSSR count). The summed E-state index contributed by atoms with van der Waals surface area (Å²) in [6.45, 7) is 1.74. The summed E-state index contributed by atoms with van der Waals surface area (Å²) in [6.07, 6.45) is 0. The van der Waals surface area contributed by atoms with Crippen LogP contribution in [0.5, 0.6) is 0 Å². The van der Waals surface area contributed by atoms with Gasteiger partial charge in [-0.1, -0.05) is 60.1 Å². The van der Waals surface area contributed by atoms with Crippen LogP contribution in [0.4, 0.5) is 11.4 Å². The number of rotatable bonds is 6. The average molecular weight is 477 g/mol. The lowest BCUT2D eigenvalue weighted by atomic mass is 10.0. The van der Waals surface area contributed by atoms with Crippen LogP contribution in [0.1, 0.15) is 15.9 Å². The van der Waals surface area contributed by atoms with Gasteiger partial charge in [-0.2, -0.15) is 0 Å². The smallest absolute Gasteiger partial charge is 0.261 e. The molecule has 0 atom stereocenters. The highest BCUT2D eigenvalue weighted by Gasteiger charge is 2.16. The number of amides is 1. The molecule has 0 aromatic heterocycles. The molecule has 33 heavy (non-hydrogen) atoms. The Kier molecular flexibility index (Phi) is 6.49. The zero-order valence-electron chi connectivity index (χ0n) is 17.7. The van der Waals surface area contributed by atoms with Crippen LogP contribution in [0, 0.1) is 6.92 Å². The first-order valence-corrected chi connectivity index (χ1v) is 12.0. The Morgan fingerprint density at radius 2 is 1.39 bits per heavy atom. The van der Waals surface area contributed by atoms with Crippen LogP contribution in [0.2, 0.25) is 5.02 Å². The summed E-state index contributed by atoms with van der Waals surface area (Å²) in [5.74, 6) is -0.280. The van der Waals surface area contributed by atoms with Crippen LogP contribution < -0.4 is 10.0 Å². The second kappa shape index (κ2) is 9.48. The number of halogens is 1. The Morgan fingerprint density at radius 1 is 0.758 bits per heavy atom. The number of hydrogen-bond donors (Lipinski definition) is 2. The lowest BCUT2D eigenvalue weighted by molar-refractivity contribution is 0.102. The molecule has 0 spiro atoms. The summed E-state index contributed by atoms with van der Waals surface area (Å²) < 4.78 is 28.0. The Morgan fingerprint density at radius 3 is 2.06 bits per heavy atom. The highest BCUT2D eigenvalue weighted by atomic mass is 35.5. The van der Waals surface area contributed by atoms with Crippen molar-refractivity contribution in [2.75, 3.05) is 10.0 Å². The Hall–Kier alpha value is -3.61. The van der Waals surface area contributed by atoms with E-state index in [1.807, 2.05) is 42.5 Å². The highest BCUT2D eigenvalue weighted by molar-refractivity contribution is 7.92. The van der Waals surface area contributed by atoms with Crippen molar-refractivity contribution in [1.29, 1.82) is 0 Å². The summed E-state index contributed by atoms with van der Waals surface area (Å²) >= 11 is 6.07. The van der Waals surface area contributed by atoms with E-state index in [-0.39, 0.29) is 10.8 Å². The molecule has 0 fully saturated rings. The fourth-order valence-electron chi connectivity index (χ4n) is 3.29. The Balaban J connectivity index is 1.45. The number of anilines is 2. The summed E-state index contributed by atoms with van der Waals surface area (Å²) in [6, 6.07) is 28.2. The van der Waals surface area contributed by atoms with Crippen LogP contribution in [-0.4, -0.2) is 14.3 Å². The van der Waals surface area contributed by atoms with E-state index in [0.29, 0.717) is 27.5 Å². The van der Waals surface area contributed by atoms with Crippen LogP contribution in [0.3, 0.4) is 0 Å². The van der Waals surface area contributed by atoms with Crippen LogP contribution in [0.15, 0.2) is 102 Å². The largest absolute Gasteiger partial charge is 0.322 e. The van der Waals surface area contributed by atoms with Crippen molar-refractivity contribution in [3.05, 3.63) is 113 Å². The highest BCUT2D eigenvalue weighted by Crippen LogP contribution is 2.26.